The molecule has 2 aromatic rings. The number of amides is 2. The third kappa shape index (κ3) is 5.00. The molecule has 0 aromatic heterocycles. The van der Waals surface area contributed by atoms with Crippen molar-refractivity contribution in [3.05, 3.63) is 59.1 Å². The Kier molecular flexibility index (Phi) is 6.29. The minimum absolute atomic E-state index is 0.0531. The molecule has 8 heteroatoms. The standard InChI is InChI=1S/C21H19ClN2O5/c22-16-3-1-2-15(10-16)14-6-4-13(5-7-14)12-24-9-8-17(25)19(21(24)29)20(28)23-11-18(26)27/h1-7,10,19H,8-9,11-12H2,(H,23,28)(H,26,27). The van der Waals surface area contributed by atoms with E-state index in [2.05, 4.69) is 5.32 Å². The van der Waals surface area contributed by atoms with Crippen LogP contribution in [-0.4, -0.2) is 46.7 Å². The lowest BCUT2D eigenvalue weighted by atomic mass is 9.94. The Labute approximate surface area is 172 Å². The molecule has 1 saturated heterocycles. The van der Waals surface area contributed by atoms with Crippen molar-refractivity contribution in [3.63, 3.8) is 0 Å². The van der Waals surface area contributed by atoms with Crippen LogP contribution in [0.5, 0.6) is 0 Å². The molecule has 0 bridgehead atoms. The van der Waals surface area contributed by atoms with Crippen molar-refractivity contribution in [3.8, 4) is 11.1 Å². The molecular weight excluding hydrogens is 396 g/mol. The van der Waals surface area contributed by atoms with Gasteiger partial charge in [0.05, 0.1) is 0 Å². The Morgan fingerprint density at radius 1 is 1.10 bits per heavy atom. The first-order valence-corrected chi connectivity index (χ1v) is 9.39. The summed E-state index contributed by atoms with van der Waals surface area (Å²) in [6.07, 6.45) is 0.0531. The molecule has 1 aliphatic heterocycles. The Morgan fingerprint density at radius 3 is 2.48 bits per heavy atom. The van der Waals surface area contributed by atoms with Crippen LogP contribution < -0.4 is 5.32 Å². The number of rotatable bonds is 6. The van der Waals surface area contributed by atoms with Gasteiger partial charge in [0, 0.05) is 24.5 Å². The number of carboxylic acids is 1. The van der Waals surface area contributed by atoms with Gasteiger partial charge in [-0.2, -0.15) is 0 Å². The van der Waals surface area contributed by atoms with Gasteiger partial charge in [0.2, 0.25) is 11.8 Å². The maximum Gasteiger partial charge on any atom is 0.322 e. The van der Waals surface area contributed by atoms with E-state index in [1.54, 1.807) is 6.07 Å². The van der Waals surface area contributed by atoms with Gasteiger partial charge in [0.15, 0.2) is 11.7 Å². The molecule has 1 heterocycles. The fourth-order valence-corrected chi connectivity index (χ4v) is 3.38. The molecule has 0 radical (unpaired) electrons. The van der Waals surface area contributed by atoms with E-state index in [0.717, 1.165) is 16.7 Å². The highest BCUT2D eigenvalue weighted by Crippen LogP contribution is 2.24. The van der Waals surface area contributed by atoms with E-state index in [4.69, 9.17) is 16.7 Å². The van der Waals surface area contributed by atoms with Gasteiger partial charge in [-0.3, -0.25) is 19.2 Å². The van der Waals surface area contributed by atoms with Gasteiger partial charge < -0.3 is 15.3 Å². The number of benzene rings is 2. The maximum absolute atomic E-state index is 12.6. The summed E-state index contributed by atoms with van der Waals surface area (Å²) in [5, 5.41) is 11.4. The summed E-state index contributed by atoms with van der Waals surface area (Å²) in [7, 11) is 0. The first-order chi connectivity index (χ1) is 13.8. The number of piperidine rings is 1. The molecule has 0 spiro atoms. The number of carboxylic acid groups (broad SMARTS) is 1. The zero-order chi connectivity index (χ0) is 21.0. The number of nitrogens with zero attached hydrogens (tertiary/aromatic N) is 1. The van der Waals surface area contributed by atoms with Crippen LogP contribution in [0.4, 0.5) is 0 Å². The summed E-state index contributed by atoms with van der Waals surface area (Å²) < 4.78 is 0. The van der Waals surface area contributed by atoms with Crippen LogP contribution in [0.1, 0.15) is 12.0 Å². The van der Waals surface area contributed by atoms with Crippen LogP contribution in [0.15, 0.2) is 48.5 Å². The lowest BCUT2D eigenvalue weighted by Gasteiger charge is -2.30. The quantitative estimate of drug-likeness (QED) is 0.705. The minimum atomic E-state index is -1.49. The SMILES string of the molecule is O=C(O)CNC(=O)C1C(=O)CCN(Cc2ccc(-c3cccc(Cl)c3)cc2)C1=O. The van der Waals surface area contributed by atoms with E-state index >= 15 is 0 Å². The minimum Gasteiger partial charge on any atom is -0.480 e. The van der Waals surface area contributed by atoms with E-state index < -0.39 is 36.0 Å². The molecule has 150 valence electrons. The highest BCUT2D eigenvalue weighted by Gasteiger charge is 2.40. The zero-order valence-electron chi connectivity index (χ0n) is 15.4. The summed E-state index contributed by atoms with van der Waals surface area (Å²) in [4.78, 5) is 48.8. The fraction of sp³-hybridized carbons (Fsp3) is 0.238. The second kappa shape index (κ2) is 8.87. The number of carbonyl (C=O) groups is 4. The van der Waals surface area contributed by atoms with Gasteiger partial charge in [0.1, 0.15) is 6.54 Å². The van der Waals surface area contributed by atoms with Gasteiger partial charge in [-0.15, -0.1) is 0 Å². The van der Waals surface area contributed by atoms with E-state index in [1.807, 2.05) is 42.5 Å². The van der Waals surface area contributed by atoms with Gasteiger partial charge in [-0.05, 0) is 28.8 Å². The Hall–Kier alpha value is -3.19. The van der Waals surface area contributed by atoms with E-state index in [0.29, 0.717) is 5.02 Å². The number of ketones is 1. The molecule has 29 heavy (non-hydrogen) atoms. The third-order valence-electron chi connectivity index (χ3n) is 4.67. The molecule has 0 aliphatic carbocycles. The Bertz CT molecular complexity index is 958. The summed E-state index contributed by atoms with van der Waals surface area (Å²) in [6.45, 7) is -0.165. The van der Waals surface area contributed by atoms with Crippen molar-refractivity contribution in [2.45, 2.75) is 13.0 Å². The Balaban J connectivity index is 1.69. The number of halogens is 1. The molecule has 0 saturated carbocycles. The van der Waals surface area contributed by atoms with Crippen molar-refractivity contribution in [2.24, 2.45) is 5.92 Å². The van der Waals surface area contributed by atoms with Crippen LogP contribution in [0.3, 0.4) is 0 Å². The molecule has 2 amide bonds. The molecule has 2 aromatic carbocycles. The van der Waals surface area contributed by atoms with Crippen molar-refractivity contribution in [1.82, 2.24) is 10.2 Å². The van der Waals surface area contributed by atoms with Crippen LogP contribution in [0.2, 0.25) is 5.02 Å². The van der Waals surface area contributed by atoms with Crippen molar-refractivity contribution in [1.29, 1.82) is 0 Å². The lowest BCUT2D eigenvalue weighted by Crippen LogP contribution is -2.52. The summed E-state index contributed by atoms with van der Waals surface area (Å²) >= 11 is 6.02. The molecule has 1 fully saturated rings. The van der Waals surface area contributed by atoms with Gasteiger partial charge in [0.25, 0.3) is 0 Å². The van der Waals surface area contributed by atoms with Gasteiger partial charge in [-0.1, -0.05) is 48.0 Å². The lowest BCUT2D eigenvalue weighted by molar-refractivity contribution is -0.152. The molecule has 2 N–H and O–H groups in total. The smallest absolute Gasteiger partial charge is 0.322 e. The third-order valence-corrected chi connectivity index (χ3v) is 4.91. The molecular formula is C21H19ClN2O5. The first kappa shape index (κ1) is 20.5. The average Bonchev–Trinajstić information content (AvgIpc) is 2.69. The van der Waals surface area contributed by atoms with Gasteiger partial charge >= 0.3 is 5.97 Å². The predicted octanol–water partition coefficient (Wildman–Crippen LogP) is 2.13. The number of carbonyl (C=O) groups excluding carboxylic acids is 3. The molecule has 1 unspecified atom stereocenters. The molecule has 3 rings (SSSR count). The normalized spacial score (nSPS) is 16.6. The van der Waals surface area contributed by atoms with E-state index in [-0.39, 0.29) is 19.5 Å². The van der Waals surface area contributed by atoms with E-state index in [9.17, 15) is 19.2 Å². The second-order valence-electron chi connectivity index (χ2n) is 6.73. The van der Waals surface area contributed by atoms with Gasteiger partial charge in [-0.25, -0.2) is 0 Å². The van der Waals surface area contributed by atoms with Crippen molar-refractivity contribution in [2.75, 3.05) is 13.1 Å². The fourth-order valence-electron chi connectivity index (χ4n) is 3.19. The van der Waals surface area contributed by atoms with E-state index in [1.165, 1.54) is 4.90 Å². The summed E-state index contributed by atoms with van der Waals surface area (Å²) in [5.41, 5.74) is 2.80. The van der Waals surface area contributed by atoms with Crippen molar-refractivity contribution < 1.29 is 24.3 Å². The highest BCUT2D eigenvalue weighted by molar-refractivity contribution is 6.30. The number of nitrogens with one attached hydrogen (secondary N) is 1. The highest BCUT2D eigenvalue weighted by atomic mass is 35.5. The molecule has 1 aliphatic rings. The largest absolute Gasteiger partial charge is 0.480 e. The monoisotopic (exact) mass is 414 g/mol. The number of aliphatic carboxylic acids is 1. The zero-order valence-corrected chi connectivity index (χ0v) is 16.2. The molecule has 1 atom stereocenters. The van der Waals surface area contributed by atoms with Crippen LogP contribution >= 0.6 is 11.6 Å². The predicted molar refractivity (Wildman–Crippen MR) is 106 cm³/mol. The first-order valence-electron chi connectivity index (χ1n) is 9.01. The Morgan fingerprint density at radius 2 is 1.83 bits per heavy atom. The second-order valence-corrected chi connectivity index (χ2v) is 7.16. The topological polar surface area (TPSA) is 104 Å². The number of hydrogen-bond acceptors (Lipinski definition) is 4. The summed E-state index contributed by atoms with van der Waals surface area (Å²) in [5.74, 6) is -4.71. The number of Topliss-reactive ketones (excluding diaryl/α,β-unsaturated/α-hetero) is 1. The maximum atomic E-state index is 12.6. The van der Waals surface area contributed by atoms with Crippen molar-refractivity contribution >= 4 is 35.2 Å². The average molecular weight is 415 g/mol. The summed E-state index contributed by atoms with van der Waals surface area (Å²) in [6, 6.07) is 15.0. The van der Waals surface area contributed by atoms with Crippen LogP contribution in [0, 0.1) is 5.92 Å². The van der Waals surface area contributed by atoms with Crippen LogP contribution in [0.25, 0.3) is 11.1 Å². The molecule has 7 nitrogen and oxygen atoms in total. The van der Waals surface area contributed by atoms with Crippen LogP contribution in [-0.2, 0) is 25.7 Å². The number of likely N-dealkylation sites (tertiary alicyclic amines) is 1. The number of hydrogen-bond donors (Lipinski definition) is 2.